The molecule has 4 heterocycles. The van der Waals surface area contributed by atoms with E-state index in [1.807, 2.05) is 19.9 Å². The number of ketones is 1. The molecule has 0 aromatic carbocycles. The van der Waals surface area contributed by atoms with E-state index in [1.165, 1.54) is 6.26 Å². The molecule has 0 unspecified atom stereocenters. The first kappa shape index (κ1) is 17.3. The zero-order valence-electron chi connectivity index (χ0n) is 15.1. The number of amides is 1. The first-order chi connectivity index (χ1) is 13.0. The van der Waals surface area contributed by atoms with Crippen molar-refractivity contribution in [3.8, 4) is 0 Å². The van der Waals surface area contributed by atoms with E-state index >= 15 is 0 Å². The molecule has 0 radical (unpaired) electrons. The van der Waals surface area contributed by atoms with Crippen molar-refractivity contribution < 1.29 is 18.7 Å². The van der Waals surface area contributed by atoms with E-state index in [2.05, 4.69) is 15.1 Å². The van der Waals surface area contributed by atoms with Gasteiger partial charge in [-0.15, -0.1) is 5.10 Å². The van der Waals surface area contributed by atoms with Gasteiger partial charge in [-0.2, -0.15) is 4.98 Å². The van der Waals surface area contributed by atoms with Crippen LogP contribution in [0, 0.1) is 13.8 Å². The van der Waals surface area contributed by atoms with E-state index in [-0.39, 0.29) is 36.3 Å². The average Bonchev–Trinajstić information content (AvgIpc) is 3.31. The minimum atomic E-state index is -0.397. The molecule has 1 aliphatic heterocycles. The number of carbonyl (C=O) groups excluding carboxylic acids is 2. The average molecular weight is 369 g/mol. The van der Waals surface area contributed by atoms with Crippen LogP contribution in [0.2, 0.25) is 0 Å². The Morgan fingerprint density at radius 1 is 1.30 bits per heavy atom. The molecule has 0 N–H and O–H groups in total. The topological polar surface area (TPSA) is 103 Å². The van der Waals surface area contributed by atoms with Crippen molar-refractivity contribution in [1.82, 2.24) is 24.5 Å². The molecular formula is C18H19N5O4. The van der Waals surface area contributed by atoms with Crippen molar-refractivity contribution in [3.05, 3.63) is 47.4 Å². The Balaban J connectivity index is 1.59. The first-order valence-corrected chi connectivity index (χ1v) is 8.69. The van der Waals surface area contributed by atoms with Crippen LogP contribution in [0.25, 0.3) is 5.78 Å². The van der Waals surface area contributed by atoms with Gasteiger partial charge in [-0.1, -0.05) is 0 Å². The highest BCUT2D eigenvalue weighted by molar-refractivity contribution is 5.95. The summed E-state index contributed by atoms with van der Waals surface area (Å²) in [5.74, 6) is 0.206. The maximum atomic E-state index is 13.0. The fourth-order valence-corrected chi connectivity index (χ4v) is 3.23. The van der Waals surface area contributed by atoms with Gasteiger partial charge in [0.05, 0.1) is 25.5 Å². The van der Waals surface area contributed by atoms with Crippen molar-refractivity contribution in [2.24, 2.45) is 0 Å². The number of rotatable bonds is 4. The maximum Gasteiger partial charge on any atom is 0.294 e. The van der Waals surface area contributed by atoms with E-state index < -0.39 is 6.04 Å². The molecule has 0 saturated carbocycles. The fraction of sp³-hybridized carbons (Fsp3) is 0.389. The summed E-state index contributed by atoms with van der Waals surface area (Å²) in [7, 11) is 0. The van der Waals surface area contributed by atoms with Gasteiger partial charge in [0.1, 0.15) is 0 Å². The molecule has 4 rings (SSSR count). The molecule has 0 spiro atoms. The van der Waals surface area contributed by atoms with E-state index in [9.17, 15) is 9.59 Å². The highest BCUT2D eigenvalue weighted by Gasteiger charge is 2.32. The summed E-state index contributed by atoms with van der Waals surface area (Å²) in [4.78, 5) is 35.6. The summed E-state index contributed by atoms with van der Waals surface area (Å²) in [6.07, 6.45) is 1.56. The smallest absolute Gasteiger partial charge is 0.294 e. The number of hydrogen-bond acceptors (Lipinski definition) is 7. The Labute approximate surface area is 155 Å². The number of carbonyl (C=O) groups is 2. The number of aryl methyl sites for hydroxylation is 2. The number of furan rings is 1. The third-order valence-corrected chi connectivity index (χ3v) is 4.51. The normalized spacial score (nSPS) is 17.4. The number of aromatic nitrogens is 4. The van der Waals surface area contributed by atoms with Gasteiger partial charge in [0.15, 0.2) is 11.5 Å². The second kappa shape index (κ2) is 6.92. The lowest BCUT2D eigenvalue weighted by atomic mass is 10.1. The Kier molecular flexibility index (Phi) is 4.44. The third-order valence-electron chi connectivity index (χ3n) is 4.51. The van der Waals surface area contributed by atoms with Crippen LogP contribution >= 0.6 is 0 Å². The first-order valence-electron chi connectivity index (χ1n) is 8.69. The lowest BCUT2D eigenvalue weighted by Crippen LogP contribution is -2.49. The molecule has 1 atom stereocenters. The van der Waals surface area contributed by atoms with Crippen LogP contribution in [0.3, 0.4) is 0 Å². The van der Waals surface area contributed by atoms with Gasteiger partial charge in [-0.05, 0) is 32.0 Å². The van der Waals surface area contributed by atoms with Crippen LogP contribution in [0.4, 0.5) is 0 Å². The molecule has 9 nitrogen and oxygen atoms in total. The third kappa shape index (κ3) is 3.33. The minimum absolute atomic E-state index is 0.0635. The van der Waals surface area contributed by atoms with Crippen LogP contribution < -0.4 is 0 Å². The Bertz CT molecular complexity index is 995. The molecule has 0 bridgehead atoms. The van der Waals surface area contributed by atoms with Crippen molar-refractivity contribution >= 4 is 17.5 Å². The van der Waals surface area contributed by atoms with Crippen LogP contribution in [0.15, 0.2) is 28.9 Å². The number of nitrogens with zero attached hydrogens (tertiary/aromatic N) is 5. The molecule has 9 heteroatoms. The van der Waals surface area contributed by atoms with Crippen molar-refractivity contribution in [2.45, 2.75) is 26.3 Å². The SMILES string of the molecule is Cc1cc(C)n2nc(C(=O)N3CCOC[C@@H]3CC(=O)c3ccco3)nc2n1. The van der Waals surface area contributed by atoms with E-state index in [0.717, 1.165) is 11.4 Å². The highest BCUT2D eigenvalue weighted by atomic mass is 16.5. The van der Waals surface area contributed by atoms with E-state index in [0.29, 0.717) is 18.9 Å². The van der Waals surface area contributed by atoms with Gasteiger partial charge in [-0.25, -0.2) is 9.50 Å². The summed E-state index contributed by atoms with van der Waals surface area (Å²) < 4.78 is 12.2. The van der Waals surface area contributed by atoms with Gasteiger partial charge in [-0.3, -0.25) is 9.59 Å². The molecule has 3 aromatic heterocycles. The Morgan fingerprint density at radius 2 is 2.15 bits per heavy atom. The predicted octanol–water partition coefficient (Wildman–Crippen LogP) is 1.45. The van der Waals surface area contributed by atoms with Crippen LogP contribution in [0.5, 0.6) is 0 Å². The summed E-state index contributed by atoms with van der Waals surface area (Å²) >= 11 is 0. The van der Waals surface area contributed by atoms with E-state index in [1.54, 1.807) is 21.5 Å². The Morgan fingerprint density at radius 3 is 2.93 bits per heavy atom. The molecule has 1 saturated heterocycles. The summed E-state index contributed by atoms with van der Waals surface area (Å²) in [5.41, 5.74) is 1.65. The van der Waals surface area contributed by atoms with Crippen LogP contribution in [0.1, 0.15) is 39.0 Å². The summed E-state index contributed by atoms with van der Waals surface area (Å²) in [6.45, 7) is 4.80. The highest BCUT2D eigenvalue weighted by Crippen LogP contribution is 2.17. The number of hydrogen-bond donors (Lipinski definition) is 0. The second-order valence-electron chi connectivity index (χ2n) is 6.52. The molecule has 27 heavy (non-hydrogen) atoms. The predicted molar refractivity (Wildman–Crippen MR) is 93.6 cm³/mol. The van der Waals surface area contributed by atoms with Gasteiger partial charge >= 0.3 is 0 Å². The number of morpholine rings is 1. The van der Waals surface area contributed by atoms with Gasteiger partial charge in [0, 0.05) is 24.4 Å². The zero-order chi connectivity index (χ0) is 19.0. The van der Waals surface area contributed by atoms with Gasteiger partial charge in [0.25, 0.3) is 11.7 Å². The van der Waals surface area contributed by atoms with Gasteiger partial charge in [0.2, 0.25) is 5.82 Å². The maximum absolute atomic E-state index is 13.0. The molecule has 1 amide bonds. The quantitative estimate of drug-likeness (QED) is 0.641. The molecule has 0 aliphatic carbocycles. The molecule has 1 fully saturated rings. The minimum Gasteiger partial charge on any atom is -0.461 e. The standard InChI is InChI=1S/C18H19N5O4/c1-11-8-12(2)23-18(19-11)20-16(21-23)17(25)22-5-7-26-10-13(22)9-14(24)15-4-3-6-27-15/h3-4,6,8,13H,5,7,9-10H2,1-2H3/t13-/m0/s1. The van der Waals surface area contributed by atoms with Crippen molar-refractivity contribution in [3.63, 3.8) is 0 Å². The number of ether oxygens (including phenoxy) is 1. The fourth-order valence-electron chi connectivity index (χ4n) is 3.23. The molecule has 3 aromatic rings. The molecule has 140 valence electrons. The lowest BCUT2D eigenvalue weighted by molar-refractivity contribution is -0.00363. The largest absolute Gasteiger partial charge is 0.461 e. The Hall–Kier alpha value is -3.07. The lowest BCUT2D eigenvalue weighted by Gasteiger charge is -2.34. The van der Waals surface area contributed by atoms with E-state index in [4.69, 9.17) is 9.15 Å². The van der Waals surface area contributed by atoms with Crippen molar-refractivity contribution in [2.75, 3.05) is 19.8 Å². The van der Waals surface area contributed by atoms with Gasteiger partial charge < -0.3 is 14.1 Å². The summed E-state index contributed by atoms with van der Waals surface area (Å²) in [6, 6.07) is 4.74. The second-order valence-corrected chi connectivity index (χ2v) is 6.52. The number of fused-ring (bicyclic) bond motifs is 1. The molecular weight excluding hydrogens is 350 g/mol. The van der Waals surface area contributed by atoms with Crippen LogP contribution in [-0.2, 0) is 4.74 Å². The summed E-state index contributed by atoms with van der Waals surface area (Å²) in [5, 5.41) is 4.30. The van der Waals surface area contributed by atoms with Crippen molar-refractivity contribution in [1.29, 1.82) is 0 Å². The van der Waals surface area contributed by atoms with Crippen LogP contribution in [-0.4, -0.2) is 62.0 Å². The zero-order valence-corrected chi connectivity index (χ0v) is 15.1. The number of Topliss-reactive ketones (excluding diaryl/α,β-unsaturated/α-hetero) is 1. The monoisotopic (exact) mass is 369 g/mol. The molecule has 1 aliphatic rings.